The molecule has 1 aromatic carbocycles. The van der Waals surface area contributed by atoms with Gasteiger partial charge in [-0.3, -0.25) is 0 Å². The average Bonchev–Trinajstić information content (AvgIpc) is 2.15. The van der Waals surface area contributed by atoms with Crippen LogP contribution < -0.4 is 0 Å². The molecule has 15 heavy (non-hydrogen) atoms. The van der Waals surface area contributed by atoms with E-state index < -0.39 is 15.9 Å². The van der Waals surface area contributed by atoms with Crippen molar-refractivity contribution in [2.45, 2.75) is 31.9 Å². The standard InChI is InChI=1S/C11H16O3S/c1-3-9(2)11-6-4-10(5-7-11)8-15(12,13)14/h4-7,9H,3,8H2,1-2H3,(H,12,13,14)/p-1. The zero-order chi connectivity index (χ0) is 11.5. The van der Waals surface area contributed by atoms with Gasteiger partial charge in [0.15, 0.2) is 0 Å². The molecule has 0 N–H and O–H groups in total. The highest BCUT2D eigenvalue weighted by atomic mass is 32.2. The summed E-state index contributed by atoms with van der Waals surface area (Å²) in [6, 6.07) is 7.18. The third-order valence-electron chi connectivity index (χ3n) is 2.50. The predicted octanol–water partition coefficient (Wildman–Crippen LogP) is 2.25. The van der Waals surface area contributed by atoms with Gasteiger partial charge < -0.3 is 4.55 Å². The fraction of sp³-hybridized carbons (Fsp3) is 0.455. The minimum atomic E-state index is -4.17. The second-order valence-electron chi connectivity index (χ2n) is 3.75. The summed E-state index contributed by atoms with van der Waals surface area (Å²) in [5.41, 5.74) is 1.72. The van der Waals surface area contributed by atoms with Crippen LogP contribution in [0.3, 0.4) is 0 Å². The van der Waals surface area contributed by atoms with Gasteiger partial charge in [0.2, 0.25) is 0 Å². The Morgan fingerprint density at radius 1 is 1.27 bits per heavy atom. The van der Waals surface area contributed by atoms with Crippen molar-refractivity contribution in [3.8, 4) is 0 Å². The molecule has 0 aliphatic carbocycles. The lowest BCUT2D eigenvalue weighted by Crippen LogP contribution is -2.02. The fourth-order valence-electron chi connectivity index (χ4n) is 1.38. The molecule has 0 aliphatic heterocycles. The van der Waals surface area contributed by atoms with E-state index in [0.717, 1.165) is 6.42 Å². The van der Waals surface area contributed by atoms with Gasteiger partial charge in [-0.05, 0) is 23.5 Å². The quantitative estimate of drug-likeness (QED) is 0.741. The zero-order valence-corrected chi connectivity index (χ0v) is 9.75. The van der Waals surface area contributed by atoms with Crippen LogP contribution in [-0.4, -0.2) is 13.0 Å². The van der Waals surface area contributed by atoms with Gasteiger partial charge in [0.05, 0.1) is 15.9 Å². The number of hydrogen-bond acceptors (Lipinski definition) is 3. The van der Waals surface area contributed by atoms with Crippen molar-refractivity contribution in [2.75, 3.05) is 0 Å². The first-order valence-electron chi connectivity index (χ1n) is 4.94. The lowest BCUT2D eigenvalue weighted by atomic mass is 9.98. The van der Waals surface area contributed by atoms with Gasteiger partial charge in [-0.1, -0.05) is 38.1 Å². The largest absolute Gasteiger partial charge is 0.748 e. The van der Waals surface area contributed by atoms with E-state index in [9.17, 15) is 13.0 Å². The van der Waals surface area contributed by atoms with E-state index in [1.54, 1.807) is 12.1 Å². The van der Waals surface area contributed by atoms with Crippen LogP contribution >= 0.6 is 0 Å². The monoisotopic (exact) mass is 227 g/mol. The maximum absolute atomic E-state index is 10.5. The van der Waals surface area contributed by atoms with E-state index in [0.29, 0.717) is 11.5 Å². The summed E-state index contributed by atoms with van der Waals surface area (Å²) in [5.74, 6) is 0.0382. The second-order valence-corrected chi connectivity index (χ2v) is 5.16. The number of benzene rings is 1. The van der Waals surface area contributed by atoms with E-state index >= 15 is 0 Å². The van der Waals surface area contributed by atoms with Gasteiger partial charge in [0.1, 0.15) is 0 Å². The van der Waals surface area contributed by atoms with Crippen LogP contribution in [0, 0.1) is 0 Å². The van der Waals surface area contributed by atoms with Crippen LogP contribution in [-0.2, 0) is 15.9 Å². The van der Waals surface area contributed by atoms with Gasteiger partial charge in [-0.25, -0.2) is 8.42 Å². The van der Waals surface area contributed by atoms with E-state index in [1.165, 1.54) is 5.56 Å². The van der Waals surface area contributed by atoms with E-state index in [1.807, 2.05) is 12.1 Å². The van der Waals surface area contributed by atoms with Crippen molar-refractivity contribution in [1.29, 1.82) is 0 Å². The highest BCUT2D eigenvalue weighted by Gasteiger charge is 2.03. The molecule has 1 rings (SSSR count). The lowest BCUT2D eigenvalue weighted by molar-refractivity contribution is 0.462. The molecule has 0 radical (unpaired) electrons. The molecule has 0 heterocycles. The molecule has 1 atom stereocenters. The topological polar surface area (TPSA) is 57.2 Å². The lowest BCUT2D eigenvalue weighted by Gasteiger charge is -2.10. The molecule has 84 valence electrons. The van der Waals surface area contributed by atoms with Crippen LogP contribution in [0.15, 0.2) is 24.3 Å². The Morgan fingerprint density at radius 3 is 2.20 bits per heavy atom. The molecular weight excluding hydrogens is 212 g/mol. The second kappa shape index (κ2) is 4.77. The van der Waals surface area contributed by atoms with Gasteiger partial charge >= 0.3 is 0 Å². The Morgan fingerprint density at radius 2 is 1.80 bits per heavy atom. The molecule has 0 fully saturated rings. The minimum absolute atomic E-state index is 0.423. The van der Waals surface area contributed by atoms with E-state index in [2.05, 4.69) is 13.8 Å². The Bertz CT molecular complexity index is 406. The number of rotatable bonds is 4. The summed E-state index contributed by atoms with van der Waals surface area (Å²) in [6.07, 6.45) is 1.04. The first-order valence-corrected chi connectivity index (χ1v) is 6.52. The molecule has 0 spiro atoms. The third kappa shape index (κ3) is 4.01. The van der Waals surface area contributed by atoms with Crippen molar-refractivity contribution in [3.63, 3.8) is 0 Å². The van der Waals surface area contributed by atoms with Crippen LogP contribution in [0.5, 0.6) is 0 Å². The molecule has 0 aliphatic rings. The van der Waals surface area contributed by atoms with E-state index in [4.69, 9.17) is 0 Å². The molecule has 3 nitrogen and oxygen atoms in total. The summed E-state index contributed by atoms with van der Waals surface area (Å²) in [7, 11) is -4.17. The molecule has 1 aromatic rings. The summed E-state index contributed by atoms with van der Waals surface area (Å²) in [6.45, 7) is 4.21. The smallest absolute Gasteiger partial charge is 0.0988 e. The summed E-state index contributed by atoms with van der Waals surface area (Å²) < 4.78 is 31.6. The zero-order valence-electron chi connectivity index (χ0n) is 8.93. The maximum Gasteiger partial charge on any atom is 0.0988 e. The highest BCUT2D eigenvalue weighted by Crippen LogP contribution is 2.19. The molecule has 0 amide bonds. The van der Waals surface area contributed by atoms with Crippen molar-refractivity contribution < 1.29 is 13.0 Å². The molecular formula is C11H15O3S-. The van der Waals surface area contributed by atoms with Gasteiger partial charge in [-0.2, -0.15) is 0 Å². The summed E-state index contributed by atoms with van der Waals surface area (Å²) >= 11 is 0. The number of hydrogen-bond donors (Lipinski definition) is 0. The first kappa shape index (κ1) is 12.2. The van der Waals surface area contributed by atoms with Crippen LogP contribution in [0.25, 0.3) is 0 Å². The van der Waals surface area contributed by atoms with Gasteiger partial charge in [0.25, 0.3) is 0 Å². The summed E-state index contributed by atoms with van der Waals surface area (Å²) in [4.78, 5) is 0. The Hall–Kier alpha value is -0.870. The van der Waals surface area contributed by atoms with Crippen molar-refractivity contribution in [3.05, 3.63) is 35.4 Å². The first-order chi connectivity index (χ1) is 6.92. The molecule has 1 unspecified atom stereocenters. The molecule has 4 heteroatoms. The normalized spacial score (nSPS) is 13.8. The highest BCUT2D eigenvalue weighted by molar-refractivity contribution is 7.84. The predicted molar refractivity (Wildman–Crippen MR) is 58.5 cm³/mol. The summed E-state index contributed by atoms with van der Waals surface area (Å²) in [5, 5.41) is 0. The Balaban J connectivity index is 2.81. The molecule has 0 aromatic heterocycles. The SMILES string of the molecule is CCC(C)c1ccc(CS(=O)(=O)[O-])cc1. The van der Waals surface area contributed by atoms with E-state index in [-0.39, 0.29) is 0 Å². The minimum Gasteiger partial charge on any atom is -0.748 e. The van der Waals surface area contributed by atoms with Crippen LogP contribution in [0.1, 0.15) is 37.3 Å². The van der Waals surface area contributed by atoms with Crippen molar-refractivity contribution >= 4 is 10.1 Å². The van der Waals surface area contributed by atoms with Crippen LogP contribution in [0.4, 0.5) is 0 Å². The van der Waals surface area contributed by atoms with Crippen molar-refractivity contribution in [2.24, 2.45) is 0 Å². The average molecular weight is 227 g/mol. The van der Waals surface area contributed by atoms with Gasteiger partial charge in [0, 0.05) is 0 Å². The van der Waals surface area contributed by atoms with Crippen LogP contribution in [0.2, 0.25) is 0 Å². The Labute approximate surface area is 90.9 Å². The third-order valence-corrected chi connectivity index (χ3v) is 3.19. The van der Waals surface area contributed by atoms with Crippen molar-refractivity contribution in [1.82, 2.24) is 0 Å². The molecule has 0 saturated heterocycles. The van der Waals surface area contributed by atoms with Gasteiger partial charge in [-0.15, -0.1) is 0 Å². The fourth-order valence-corrected chi connectivity index (χ4v) is 1.98. The molecule has 0 bridgehead atoms. The Kier molecular flexibility index (Phi) is 3.88. The molecule has 0 saturated carbocycles. The maximum atomic E-state index is 10.5.